The number of nitrogens with zero attached hydrogens (tertiary/aromatic N) is 5. The van der Waals surface area contributed by atoms with Gasteiger partial charge >= 0.3 is 0 Å². The molecule has 2 aliphatic rings. The molecule has 3 aromatic carbocycles. The number of nitrogens with two attached hydrogens (primary N) is 3. The average molecular weight is 744 g/mol. The van der Waals surface area contributed by atoms with Crippen LogP contribution in [0.25, 0.3) is 0 Å². The molecule has 13 heteroatoms. The van der Waals surface area contributed by atoms with E-state index in [-0.39, 0.29) is 30.2 Å². The summed E-state index contributed by atoms with van der Waals surface area (Å²) in [5.41, 5.74) is 20.2. The highest BCUT2D eigenvalue weighted by Crippen LogP contribution is 2.35. The summed E-state index contributed by atoms with van der Waals surface area (Å²) in [5, 5.41) is 3.21. The first-order valence-corrected chi connectivity index (χ1v) is 18.9. The molecule has 0 unspecified atom stereocenters. The zero-order valence-corrected chi connectivity index (χ0v) is 30.9. The summed E-state index contributed by atoms with van der Waals surface area (Å²) in [6.45, 7) is 2.14. The minimum Gasteiger partial charge on any atom is -0.370 e. The van der Waals surface area contributed by atoms with Gasteiger partial charge in [-0.1, -0.05) is 72.8 Å². The first-order chi connectivity index (χ1) is 26.7. The molecule has 1 fully saturated rings. The fraction of sp³-hybridized carbons (Fsp3) is 0.333. The molecule has 286 valence electrons. The van der Waals surface area contributed by atoms with Crippen LogP contribution >= 0.6 is 0 Å². The predicted octanol–water partition coefficient (Wildman–Crippen LogP) is 4.37. The number of aromatic nitrogens is 1. The van der Waals surface area contributed by atoms with Gasteiger partial charge in [-0.2, -0.15) is 0 Å². The molecule has 0 saturated carbocycles. The Morgan fingerprint density at radius 2 is 1.51 bits per heavy atom. The van der Waals surface area contributed by atoms with Gasteiger partial charge in [-0.15, -0.1) is 0 Å². The molecule has 55 heavy (non-hydrogen) atoms. The van der Waals surface area contributed by atoms with Crippen LogP contribution in [0.1, 0.15) is 65.9 Å². The number of nitrogens with one attached hydrogen (secondary N) is 1. The second-order valence-corrected chi connectivity index (χ2v) is 14.1. The number of hydrogen-bond acceptors (Lipinski definition) is 8. The van der Waals surface area contributed by atoms with Gasteiger partial charge in [0.15, 0.2) is 11.8 Å². The van der Waals surface area contributed by atoms with Crippen LogP contribution in [0.15, 0.2) is 108 Å². The third kappa shape index (κ3) is 9.54. The number of para-hydroxylation sites is 1. The van der Waals surface area contributed by atoms with Crippen LogP contribution in [-0.2, 0) is 14.4 Å². The highest BCUT2D eigenvalue weighted by Gasteiger charge is 2.36. The van der Waals surface area contributed by atoms with Gasteiger partial charge < -0.3 is 27.4 Å². The summed E-state index contributed by atoms with van der Waals surface area (Å²) < 4.78 is 0. The summed E-state index contributed by atoms with van der Waals surface area (Å²) in [5.74, 6) is -1.30. The van der Waals surface area contributed by atoms with Gasteiger partial charge in [-0.25, -0.2) is 9.88 Å². The number of fused-ring (bicyclic) bond motifs is 2. The minimum atomic E-state index is -0.839. The molecule has 4 aromatic rings. The highest BCUT2D eigenvalue weighted by molar-refractivity contribution is 6.25. The molecule has 4 amide bonds. The number of benzene rings is 3. The number of carbonyl (C=O) groups is 4. The maximum atomic E-state index is 14.7. The maximum Gasteiger partial charge on any atom is 0.267 e. The van der Waals surface area contributed by atoms with Gasteiger partial charge in [0.1, 0.15) is 6.04 Å². The SMILES string of the molecule is NC(=O)[C@H](CCCN=C(N)N)N(CCCC1CCN(CC(=O)N2C(=O)c3ccccc3Nc3ncccc32)CC1)C(=O)C(c1ccccc1)c1ccccc1. The number of anilines is 3. The van der Waals surface area contributed by atoms with Crippen LogP contribution in [0, 0.1) is 5.92 Å². The quantitative estimate of drug-likeness (QED) is 0.0777. The third-order valence-corrected chi connectivity index (χ3v) is 10.4. The molecular weight excluding hydrogens is 695 g/mol. The summed E-state index contributed by atoms with van der Waals surface area (Å²) in [7, 11) is 0. The number of carbonyl (C=O) groups excluding carboxylic acids is 4. The number of rotatable bonds is 15. The lowest BCUT2D eigenvalue weighted by Crippen LogP contribution is -2.50. The summed E-state index contributed by atoms with van der Waals surface area (Å²) in [4.78, 5) is 68.6. The Balaban J connectivity index is 1.11. The van der Waals surface area contributed by atoms with E-state index in [1.54, 1.807) is 41.4 Å². The fourth-order valence-electron chi connectivity index (χ4n) is 7.60. The fourth-order valence-corrected chi connectivity index (χ4v) is 7.60. The number of guanidine groups is 1. The molecule has 7 N–H and O–H groups in total. The molecule has 0 spiro atoms. The first kappa shape index (κ1) is 38.6. The number of primary amides is 1. The van der Waals surface area contributed by atoms with Crippen LogP contribution in [0.4, 0.5) is 17.2 Å². The molecule has 3 heterocycles. The standard InChI is InChI=1S/C42H49N9O4/c43-38(53)34(19-9-24-47-42(44)45)50(41(55)37(30-13-3-1-4-14-30)31-15-5-2-6-16-31)25-11-12-29-21-26-49(27-22-29)28-36(52)51-35-20-10-23-46-39(35)48-33-18-8-7-17-32(33)40(51)54/h1-8,10,13-18,20,23,29,34,37H,9,11-12,19,21-22,24-28H2,(H2,43,53)(H,46,48)(H4,44,45,47)/t34-/m0/s1. The second-order valence-electron chi connectivity index (χ2n) is 14.1. The number of hydrogen-bond donors (Lipinski definition) is 4. The predicted molar refractivity (Wildman–Crippen MR) is 214 cm³/mol. The van der Waals surface area contributed by atoms with Crippen molar-refractivity contribution in [3.8, 4) is 0 Å². The smallest absolute Gasteiger partial charge is 0.267 e. The third-order valence-electron chi connectivity index (χ3n) is 10.4. The zero-order chi connectivity index (χ0) is 38.7. The van der Waals surface area contributed by atoms with Gasteiger partial charge in [0, 0.05) is 19.3 Å². The van der Waals surface area contributed by atoms with Gasteiger partial charge in [-0.05, 0) is 92.9 Å². The Bertz CT molecular complexity index is 1940. The number of amides is 4. The molecule has 6 rings (SSSR count). The average Bonchev–Trinajstić information content (AvgIpc) is 3.31. The Hall–Kier alpha value is -6.08. The minimum absolute atomic E-state index is 0.0340. The molecule has 1 saturated heterocycles. The molecule has 0 radical (unpaired) electrons. The molecular formula is C42H49N9O4. The maximum absolute atomic E-state index is 14.7. The zero-order valence-electron chi connectivity index (χ0n) is 30.9. The molecule has 0 bridgehead atoms. The van der Waals surface area contributed by atoms with E-state index in [2.05, 4.69) is 20.2 Å². The number of imide groups is 1. The van der Waals surface area contributed by atoms with Crippen molar-refractivity contribution in [2.75, 3.05) is 42.9 Å². The van der Waals surface area contributed by atoms with Crippen LogP contribution in [0.3, 0.4) is 0 Å². The van der Waals surface area contributed by atoms with E-state index in [1.165, 1.54) is 4.90 Å². The van der Waals surface area contributed by atoms with Gasteiger partial charge in [0.05, 0.1) is 29.4 Å². The van der Waals surface area contributed by atoms with Crippen molar-refractivity contribution >= 4 is 46.8 Å². The van der Waals surface area contributed by atoms with Gasteiger partial charge in [0.25, 0.3) is 5.91 Å². The number of likely N-dealkylation sites (tertiary alicyclic amines) is 1. The van der Waals surface area contributed by atoms with Crippen molar-refractivity contribution in [1.82, 2.24) is 14.8 Å². The summed E-state index contributed by atoms with van der Waals surface area (Å²) in [6.07, 6.45) is 5.63. The lowest BCUT2D eigenvalue weighted by molar-refractivity contribution is -0.140. The van der Waals surface area contributed by atoms with E-state index in [4.69, 9.17) is 17.2 Å². The highest BCUT2D eigenvalue weighted by atomic mass is 16.2. The Kier molecular flexibility index (Phi) is 12.9. The van der Waals surface area contributed by atoms with Crippen molar-refractivity contribution in [3.05, 3.63) is 120 Å². The lowest BCUT2D eigenvalue weighted by atomic mass is 9.88. The topological polar surface area (TPSA) is 193 Å². The molecule has 1 aromatic heterocycles. The second kappa shape index (κ2) is 18.3. The number of aliphatic imine (C=N–C) groups is 1. The van der Waals surface area contributed by atoms with Crippen molar-refractivity contribution in [2.45, 2.75) is 50.5 Å². The van der Waals surface area contributed by atoms with Crippen LogP contribution in [0.5, 0.6) is 0 Å². The normalized spacial score (nSPS) is 14.9. The Labute approximate surface area is 321 Å². The van der Waals surface area contributed by atoms with Crippen molar-refractivity contribution in [2.24, 2.45) is 28.1 Å². The molecule has 13 nitrogen and oxygen atoms in total. The van der Waals surface area contributed by atoms with E-state index in [0.29, 0.717) is 74.1 Å². The summed E-state index contributed by atoms with van der Waals surface area (Å²) in [6, 6.07) is 28.9. The Morgan fingerprint density at radius 1 is 0.855 bits per heavy atom. The Morgan fingerprint density at radius 3 is 2.16 bits per heavy atom. The van der Waals surface area contributed by atoms with Gasteiger partial charge in [0.2, 0.25) is 17.7 Å². The first-order valence-electron chi connectivity index (χ1n) is 18.9. The summed E-state index contributed by atoms with van der Waals surface area (Å²) >= 11 is 0. The monoisotopic (exact) mass is 743 g/mol. The molecule has 1 atom stereocenters. The van der Waals surface area contributed by atoms with Crippen LogP contribution < -0.4 is 27.4 Å². The molecule has 0 aliphatic carbocycles. The van der Waals surface area contributed by atoms with E-state index in [1.807, 2.05) is 66.7 Å². The van der Waals surface area contributed by atoms with E-state index in [9.17, 15) is 19.2 Å². The van der Waals surface area contributed by atoms with E-state index in [0.717, 1.165) is 30.4 Å². The number of piperidine rings is 1. The van der Waals surface area contributed by atoms with Gasteiger partial charge in [-0.3, -0.25) is 29.1 Å². The van der Waals surface area contributed by atoms with Crippen molar-refractivity contribution in [3.63, 3.8) is 0 Å². The van der Waals surface area contributed by atoms with Crippen LogP contribution in [-0.4, -0.2) is 83.1 Å². The van der Waals surface area contributed by atoms with E-state index < -0.39 is 17.9 Å². The van der Waals surface area contributed by atoms with Crippen molar-refractivity contribution in [1.29, 1.82) is 0 Å². The molecule has 2 aliphatic heterocycles. The largest absolute Gasteiger partial charge is 0.370 e. The van der Waals surface area contributed by atoms with E-state index >= 15 is 0 Å². The lowest BCUT2D eigenvalue weighted by Gasteiger charge is -2.35. The van der Waals surface area contributed by atoms with Crippen molar-refractivity contribution < 1.29 is 19.2 Å². The van der Waals surface area contributed by atoms with Crippen LogP contribution in [0.2, 0.25) is 0 Å². The number of pyridine rings is 1.